The molecule has 8 heteroatoms. The van der Waals surface area contributed by atoms with Crippen LogP contribution in [-0.2, 0) is 26.0 Å². The molecule has 0 atom stereocenters. The molecule has 30 heavy (non-hydrogen) atoms. The molecule has 2 aromatic rings. The van der Waals surface area contributed by atoms with Gasteiger partial charge in [0.2, 0.25) is 15.9 Å². The largest absolute Gasteiger partial charge is 0.495 e. The second-order valence-corrected chi connectivity index (χ2v) is 8.83. The van der Waals surface area contributed by atoms with Gasteiger partial charge in [-0.15, -0.1) is 0 Å². The normalized spacial score (nSPS) is 11.5. The predicted molar refractivity (Wildman–Crippen MR) is 116 cm³/mol. The zero-order valence-corrected chi connectivity index (χ0v) is 18.6. The highest BCUT2D eigenvalue weighted by molar-refractivity contribution is 7.89. The van der Waals surface area contributed by atoms with Gasteiger partial charge in [0.1, 0.15) is 10.6 Å². The molecule has 0 saturated heterocycles. The predicted octanol–water partition coefficient (Wildman–Crippen LogP) is 2.39. The molecule has 0 aliphatic heterocycles. The monoisotopic (exact) mass is 434 g/mol. The molecule has 0 aliphatic rings. The first-order chi connectivity index (χ1) is 14.4. The Labute approximate surface area is 179 Å². The molecule has 0 bridgehead atoms. The molecule has 164 valence electrons. The molecule has 1 N–H and O–H groups in total. The second kappa shape index (κ2) is 11.7. The summed E-state index contributed by atoms with van der Waals surface area (Å²) < 4.78 is 38.3. The summed E-state index contributed by atoms with van der Waals surface area (Å²) in [7, 11) is -0.921. The third kappa shape index (κ3) is 6.83. The van der Waals surface area contributed by atoms with Gasteiger partial charge in [-0.3, -0.25) is 4.79 Å². The maximum atomic E-state index is 13.4. The summed E-state index contributed by atoms with van der Waals surface area (Å²) in [6.45, 7) is 2.67. The topological polar surface area (TPSA) is 84.9 Å². The van der Waals surface area contributed by atoms with Crippen molar-refractivity contribution in [2.75, 3.05) is 40.5 Å². The highest BCUT2D eigenvalue weighted by Gasteiger charge is 2.29. The van der Waals surface area contributed by atoms with Crippen LogP contribution in [0.15, 0.2) is 53.4 Å². The molecular weight excluding hydrogens is 404 g/mol. The summed E-state index contributed by atoms with van der Waals surface area (Å²) in [5, 5.41) is 2.75. The average molecular weight is 435 g/mol. The van der Waals surface area contributed by atoms with Gasteiger partial charge in [0.15, 0.2) is 0 Å². The first-order valence-electron chi connectivity index (χ1n) is 9.83. The maximum absolute atomic E-state index is 13.4. The van der Waals surface area contributed by atoms with Crippen LogP contribution in [0.5, 0.6) is 5.75 Å². The molecule has 1 amide bonds. The van der Waals surface area contributed by atoms with E-state index in [1.807, 2.05) is 37.3 Å². The Balaban J connectivity index is 2.24. The summed E-state index contributed by atoms with van der Waals surface area (Å²) in [5.41, 5.74) is 1.79. The lowest BCUT2D eigenvalue weighted by Crippen LogP contribution is -2.42. The van der Waals surface area contributed by atoms with E-state index in [1.54, 1.807) is 25.3 Å². The smallest absolute Gasteiger partial charge is 0.247 e. The molecule has 0 radical (unpaired) electrons. The van der Waals surface area contributed by atoms with Crippen molar-refractivity contribution in [3.8, 4) is 5.75 Å². The SMILES string of the molecule is COCCCNC(=O)CN(CCc1ccccc1)S(=O)(=O)c1cc(C)ccc1OC. The number of hydrogen-bond acceptors (Lipinski definition) is 5. The number of carbonyl (C=O) groups is 1. The Bertz CT molecular complexity index is 916. The van der Waals surface area contributed by atoms with E-state index in [-0.39, 0.29) is 29.6 Å². The Morgan fingerprint density at radius 2 is 1.83 bits per heavy atom. The number of methoxy groups -OCH3 is 2. The molecule has 2 aromatic carbocycles. The number of amides is 1. The second-order valence-electron chi connectivity index (χ2n) is 6.92. The number of rotatable bonds is 12. The number of nitrogens with one attached hydrogen (secondary N) is 1. The van der Waals surface area contributed by atoms with Crippen LogP contribution in [0.3, 0.4) is 0 Å². The average Bonchev–Trinajstić information content (AvgIpc) is 2.74. The summed E-state index contributed by atoms with van der Waals surface area (Å²) in [6.07, 6.45) is 1.15. The van der Waals surface area contributed by atoms with Crippen molar-refractivity contribution in [3.63, 3.8) is 0 Å². The lowest BCUT2D eigenvalue weighted by molar-refractivity contribution is -0.121. The van der Waals surface area contributed by atoms with Crippen molar-refractivity contribution in [1.82, 2.24) is 9.62 Å². The van der Waals surface area contributed by atoms with Crippen LogP contribution in [0.4, 0.5) is 0 Å². The fraction of sp³-hybridized carbons (Fsp3) is 0.409. The first-order valence-corrected chi connectivity index (χ1v) is 11.3. The number of nitrogens with zero attached hydrogens (tertiary/aromatic N) is 1. The highest BCUT2D eigenvalue weighted by atomic mass is 32.2. The highest BCUT2D eigenvalue weighted by Crippen LogP contribution is 2.28. The molecule has 0 aromatic heterocycles. The van der Waals surface area contributed by atoms with Gasteiger partial charge in [-0.1, -0.05) is 36.4 Å². The van der Waals surface area contributed by atoms with Crippen molar-refractivity contribution in [1.29, 1.82) is 0 Å². The van der Waals surface area contributed by atoms with Gasteiger partial charge in [0.05, 0.1) is 13.7 Å². The lowest BCUT2D eigenvalue weighted by Gasteiger charge is -2.23. The number of ether oxygens (including phenoxy) is 2. The van der Waals surface area contributed by atoms with Crippen LogP contribution in [-0.4, -0.2) is 59.1 Å². The minimum absolute atomic E-state index is 0.0604. The van der Waals surface area contributed by atoms with Crippen molar-refractivity contribution >= 4 is 15.9 Å². The number of sulfonamides is 1. The zero-order chi connectivity index (χ0) is 22.0. The third-order valence-electron chi connectivity index (χ3n) is 4.60. The minimum atomic E-state index is -3.94. The van der Waals surface area contributed by atoms with Gasteiger partial charge in [-0.2, -0.15) is 4.31 Å². The Morgan fingerprint density at radius 1 is 1.10 bits per heavy atom. The summed E-state index contributed by atoms with van der Waals surface area (Å²) >= 11 is 0. The number of hydrogen-bond donors (Lipinski definition) is 1. The first kappa shape index (κ1) is 23.9. The van der Waals surface area contributed by atoms with E-state index in [9.17, 15) is 13.2 Å². The van der Waals surface area contributed by atoms with Gasteiger partial charge in [0.25, 0.3) is 0 Å². The van der Waals surface area contributed by atoms with Crippen LogP contribution in [0.25, 0.3) is 0 Å². The fourth-order valence-electron chi connectivity index (χ4n) is 2.97. The Kier molecular flexibility index (Phi) is 9.29. The number of aryl methyl sites for hydroxylation is 1. The van der Waals surface area contributed by atoms with Crippen molar-refractivity contribution in [2.45, 2.75) is 24.7 Å². The van der Waals surface area contributed by atoms with Crippen molar-refractivity contribution < 1.29 is 22.7 Å². The van der Waals surface area contributed by atoms with E-state index in [4.69, 9.17) is 9.47 Å². The maximum Gasteiger partial charge on any atom is 0.247 e. The van der Waals surface area contributed by atoms with Crippen LogP contribution >= 0.6 is 0 Å². The van der Waals surface area contributed by atoms with E-state index >= 15 is 0 Å². The molecule has 0 spiro atoms. The number of benzene rings is 2. The van der Waals surface area contributed by atoms with Crippen LogP contribution in [0, 0.1) is 6.92 Å². The molecule has 0 heterocycles. The summed E-state index contributed by atoms with van der Waals surface area (Å²) in [4.78, 5) is 12.5. The van der Waals surface area contributed by atoms with Gasteiger partial charge < -0.3 is 14.8 Å². The van der Waals surface area contributed by atoms with E-state index in [1.165, 1.54) is 11.4 Å². The van der Waals surface area contributed by atoms with E-state index in [0.29, 0.717) is 26.0 Å². The van der Waals surface area contributed by atoms with Crippen molar-refractivity contribution in [3.05, 3.63) is 59.7 Å². The third-order valence-corrected chi connectivity index (χ3v) is 6.46. The van der Waals surface area contributed by atoms with Gasteiger partial charge in [-0.05, 0) is 43.0 Å². The van der Waals surface area contributed by atoms with Gasteiger partial charge >= 0.3 is 0 Å². The van der Waals surface area contributed by atoms with E-state index in [2.05, 4.69) is 5.32 Å². The zero-order valence-electron chi connectivity index (χ0n) is 17.8. The van der Waals surface area contributed by atoms with Gasteiger partial charge in [0, 0.05) is 26.8 Å². The molecule has 0 aliphatic carbocycles. The standard InChI is InChI=1S/C22H30N2O5S/c1-18-10-11-20(29-3)21(16-18)30(26,27)24(14-12-19-8-5-4-6-9-19)17-22(25)23-13-7-15-28-2/h4-6,8-11,16H,7,12-15,17H2,1-3H3,(H,23,25). The van der Waals surface area contributed by atoms with E-state index in [0.717, 1.165) is 11.1 Å². The quantitative estimate of drug-likeness (QED) is 0.519. The van der Waals surface area contributed by atoms with Crippen LogP contribution in [0.2, 0.25) is 0 Å². The van der Waals surface area contributed by atoms with Gasteiger partial charge in [-0.25, -0.2) is 8.42 Å². The van der Waals surface area contributed by atoms with Crippen LogP contribution < -0.4 is 10.1 Å². The molecule has 0 unspecified atom stereocenters. The van der Waals surface area contributed by atoms with E-state index < -0.39 is 10.0 Å². The van der Waals surface area contributed by atoms with Crippen molar-refractivity contribution in [2.24, 2.45) is 0 Å². The molecule has 0 fully saturated rings. The molecule has 7 nitrogen and oxygen atoms in total. The Morgan fingerprint density at radius 3 is 2.50 bits per heavy atom. The summed E-state index contributed by atoms with van der Waals surface area (Å²) in [6, 6.07) is 14.6. The molecule has 2 rings (SSSR count). The number of carbonyl (C=O) groups excluding carboxylic acids is 1. The Hall–Kier alpha value is -2.42. The summed E-state index contributed by atoms with van der Waals surface area (Å²) in [5.74, 6) is -0.0971. The van der Waals surface area contributed by atoms with Crippen LogP contribution in [0.1, 0.15) is 17.5 Å². The fourth-order valence-corrected chi connectivity index (χ4v) is 4.61. The molecule has 0 saturated carbocycles. The lowest BCUT2D eigenvalue weighted by atomic mass is 10.1. The molecular formula is C22H30N2O5S. The minimum Gasteiger partial charge on any atom is -0.495 e.